The second-order valence-electron chi connectivity index (χ2n) is 15.7. The summed E-state index contributed by atoms with van der Waals surface area (Å²) in [5, 5.41) is 9.28. The summed E-state index contributed by atoms with van der Waals surface area (Å²) in [7, 11) is 1.26. The number of aliphatic hydroxyl groups is 1. The smallest absolute Gasteiger partial charge is 0.306 e. The fourth-order valence-corrected chi connectivity index (χ4v) is 6.13. The van der Waals surface area contributed by atoms with Gasteiger partial charge in [-0.05, 0) is 103 Å². The second-order valence-corrected chi connectivity index (χ2v) is 17.1. The number of rotatable bonds is 39. The molecule has 0 radical (unpaired) electrons. The van der Waals surface area contributed by atoms with Crippen LogP contribution < -0.4 is 4.89 Å². The number of allylic oxidation sites excluding steroid dienone is 11. The Morgan fingerprint density at radius 2 is 1.14 bits per heavy atom. The van der Waals surface area contributed by atoms with Gasteiger partial charge in [0, 0.05) is 6.42 Å². The van der Waals surface area contributed by atoms with Gasteiger partial charge in [0.25, 0.3) is 7.82 Å². The molecule has 0 amide bonds. The van der Waals surface area contributed by atoms with Gasteiger partial charge >= 0.3 is 5.97 Å². The molecule has 1 N–H and O–H groups in total. The van der Waals surface area contributed by atoms with E-state index in [0.717, 1.165) is 57.8 Å². The summed E-state index contributed by atoms with van der Waals surface area (Å²) >= 11 is 0. The van der Waals surface area contributed by atoms with E-state index in [1.54, 1.807) is 6.26 Å². The Morgan fingerprint density at radius 3 is 1.70 bits per heavy atom. The number of quaternary nitrogens is 1. The number of unbranched alkanes of at least 4 members (excludes halogenated alkanes) is 13. The average molecular weight is 808 g/mol. The summed E-state index contributed by atoms with van der Waals surface area (Å²) < 4.78 is 34.2. The molecule has 0 aliphatic rings. The Bertz CT molecular complexity index is 1140. The fraction of sp³-hybridized carbons (Fsp3) is 0.717. The number of carbonyl (C=O) groups is 1. The predicted molar refractivity (Wildman–Crippen MR) is 232 cm³/mol. The number of hydrogen-bond donors (Lipinski definition) is 1. The van der Waals surface area contributed by atoms with Crippen molar-refractivity contribution >= 4 is 13.8 Å². The van der Waals surface area contributed by atoms with Crippen LogP contribution in [0.3, 0.4) is 0 Å². The van der Waals surface area contributed by atoms with Gasteiger partial charge in [0.1, 0.15) is 19.8 Å². The summed E-state index contributed by atoms with van der Waals surface area (Å²) in [6.45, 7) is 4.17. The van der Waals surface area contributed by atoms with Crippen molar-refractivity contribution in [2.24, 2.45) is 0 Å². The van der Waals surface area contributed by atoms with Crippen LogP contribution in [0.5, 0.6) is 0 Å². The third kappa shape index (κ3) is 42.9. The number of hydrogen-bond acceptors (Lipinski definition) is 8. The SMILES string of the molecule is CCCCCC/C=C\CCCCCCCC/C=C/OC[C@H](COP(=O)([O-])OCC[N+](C)(C)C)OC(=O)CCC/C=C\C/C=C\C/C=C\C/C=C\CCC[C@H](C)O. The summed E-state index contributed by atoms with van der Waals surface area (Å²) in [5.74, 6) is -0.425. The van der Waals surface area contributed by atoms with Crippen LogP contribution in [-0.4, -0.2) is 75.3 Å². The molecule has 9 nitrogen and oxygen atoms in total. The minimum atomic E-state index is -4.57. The van der Waals surface area contributed by atoms with Gasteiger partial charge < -0.3 is 33.0 Å². The highest BCUT2D eigenvalue weighted by Crippen LogP contribution is 2.38. The first-order valence-corrected chi connectivity index (χ1v) is 23.2. The van der Waals surface area contributed by atoms with Crippen LogP contribution in [-0.2, 0) is 27.9 Å². The average Bonchev–Trinajstić information content (AvgIpc) is 3.13. The Kier molecular flexibility index (Phi) is 36.7. The lowest BCUT2D eigenvalue weighted by Gasteiger charge is -2.28. The van der Waals surface area contributed by atoms with Gasteiger partial charge in [-0.1, -0.05) is 113 Å². The lowest BCUT2D eigenvalue weighted by atomic mass is 10.1. The number of nitrogens with zero attached hydrogens (tertiary/aromatic N) is 1. The molecular formula is C46H82NO8P. The van der Waals surface area contributed by atoms with Crippen molar-refractivity contribution in [3.63, 3.8) is 0 Å². The highest BCUT2D eigenvalue weighted by atomic mass is 31.2. The normalized spacial score (nSPS) is 15.0. The first-order chi connectivity index (χ1) is 26.9. The van der Waals surface area contributed by atoms with E-state index in [1.807, 2.05) is 34.1 Å². The first kappa shape index (κ1) is 53.7. The maximum Gasteiger partial charge on any atom is 0.306 e. The Hall–Kier alpha value is -2.26. The van der Waals surface area contributed by atoms with Crippen LogP contribution >= 0.6 is 7.82 Å². The lowest BCUT2D eigenvalue weighted by molar-refractivity contribution is -0.870. The van der Waals surface area contributed by atoms with E-state index >= 15 is 0 Å². The topological polar surface area (TPSA) is 114 Å². The molecule has 0 aromatic carbocycles. The first-order valence-electron chi connectivity index (χ1n) is 21.7. The summed E-state index contributed by atoms with van der Waals surface area (Å²) in [4.78, 5) is 25.0. The molecule has 0 heterocycles. The standard InChI is InChI=1S/C46H82NO8P/c1-6-7-8-9-10-11-12-13-14-18-21-24-27-30-33-36-40-52-42-45(43-54-56(50,51)53-41-39-47(3,4)5)55-46(49)38-35-32-29-26-23-20-17-15-16-19-22-25-28-31-34-37-44(2)48/h11-12,16-17,19-20,25-26,28-29,36,40,44-45,48H,6-10,13-15,18,21-24,27,30-35,37-39,41-43H2,1-5H3/b12-11-,19-16-,20-17-,28-25-,29-26-,40-36+/t44-,45+/m0/s1. The van der Waals surface area contributed by atoms with Crippen LogP contribution in [0.4, 0.5) is 0 Å². The fourth-order valence-electron chi connectivity index (χ4n) is 5.40. The quantitative estimate of drug-likeness (QED) is 0.0163. The van der Waals surface area contributed by atoms with Crippen molar-refractivity contribution in [2.75, 3.05) is 47.5 Å². The number of carbonyl (C=O) groups excluding carboxylic acids is 1. The number of aliphatic hydroxyl groups excluding tert-OH is 1. The van der Waals surface area contributed by atoms with Crippen molar-refractivity contribution in [2.45, 2.75) is 167 Å². The van der Waals surface area contributed by atoms with Gasteiger partial charge in [-0.25, -0.2) is 0 Å². The summed E-state index contributed by atoms with van der Waals surface area (Å²) in [5.41, 5.74) is 0. The van der Waals surface area contributed by atoms with Crippen molar-refractivity contribution in [3.8, 4) is 0 Å². The van der Waals surface area contributed by atoms with E-state index in [2.05, 4.69) is 67.7 Å². The zero-order valence-electron chi connectivity index (χ0n) is 36.2. The van der Waals surface area contributed by atoms with Gasteiger partial charge in [-0.2, -0.15) is 0 Å². The molecule has 0 saturated heterocycles. The van der Waals surface area contributed by atoms with E-state index in [0.29, 0.717) is 17.4 Å². The van der Waals surface area contributed by atoms with Crippen LogP contribution in [0.25, 0.3) is 0 Å². The van der Waals surface area contributed by atoms with E-state index in [1.165, 1.54) is 70.6 Å². The van der Waals surface area contributed by atoms with Crippen molar-refractivity contribution in [1.29, 1.82) is 0 Å². The minimum absolute atomic E-state index is 0.00389. The molecule has 0 spiro atoms. The maximum atomic E-state index is 12.6. The van der Waals surface area contributed by atoms with Crippen LogP contribution in [0.2, 0.25) is 0 Å². The van der Waals surface area contributed by atoms with Gasteiger partial charge in [0.05, 0.1) is 40.1 Å². The predicted octanol–water partition coefficient (Wildman–Crippen LogP) is 11.4. The summed E-state index contributed by atoms with van der Waals surface area (Å²) in [6, 6.07) is 0. The highest BCUT2D eigenvalue weighted by Gasteiger charge is 2.20. The van der Waals surface area contributed by atoms with E-state index in [4.69, 9.17) is 18.5 Å². The van der Waals surface area contributed by atoms with Crippen LogP contribution in [0.15, 0.2) is 73.1 Å². The molecule has 0 aliphatic heterocycles. The molecule has 10 heteroatoms. The number of phosphoric acid groups is 1. The zero-order valence-corrected chi connectivity index (χ0v) is 37.1. The molecule has 3 atom stereocenters. The van der Waals surface area contributed by atoms with Crippen LogP contribution in [0.1, 0.15) is 155 Å². The molecule has 1 unspecified atom stereocenters. The number of ether oxygens (including phenoxy) is 2. The van der Waals surface area contributed by atoms with E-state index in [-0.39, 0.29) is 32.3 Å². The van der Waals surface area contributed by atoms with Crippen molar-refractivity contribution < 1.29 is 42.4 Å². The molecule has 324 valence electrons. The summed E-state index contributed by atoms with van der Waals surface area (Å²) in [6.07, 6.45) is 47.2. The minimum Gasteiger partial charge on any atom is -0.756 e. The van der Waals surface area contributed by atoms with Crippen LogP contribution in [0, 0.1) is 0 Å². The van der Waals surface area contributed by atoms with Gasteiger partial charge in [0.15, 0.2) is 6.10 Å². The Labute approximate surface area is 343 Å². The molecule has 0 aromatic rings. The molecule has 0 rings (SSSR count). The van der Waals surface area contributed by atoms with Gasteiger partial charge in [-0.3, -0.25) is 9.36 Å². The Balaban J connectivity index is 4.42. The third-order valence-electron chi connectivity index (χ3n) is 8.81. The zero-order chi connectivity index (χ0) is 41.4. The highest BCUT2D eigenvalue weighted by molar-refractivity contribution is 7.45. The maximum absolute atomic E-state index is 12.6. The molecule has 0 saturated carbocycles. The molecule has 0 bridgehead atoms. The third-order valence-corrected chi connectivity index (χ3v) is 9.78. The lowest BCUT2D eigenvalue weighted by Crippen LogP contribution is -2.37. The van der Waals surface area contributed by atoms with E-state index in [9.17, 15) is 19.4 Å². The molecule has 0 aromatic heterocycles. The van der Waals surface area contributed by atoms with Gasteiger partial charge in [-0.15, -0.1) is 0 Å². The molecular weight excluding hydrogens is 725 g/mol. The monoisotopic (exact) mass is 808 g/mol. The van der Waals surface area contributed by atoms with Crippen molar-refractivity contribution in [3.05, 3.63) is 73.1 Å². The van der Waals surface area contributed by atoms with E-state index < -0.39 is 19.9 Å². The van der Waals surface area contributed by atoms with Crippen molar-refractivity contribution in [1.82, 2.24) is 0 Å². The number of esters is 1. The Morgan fingerprint density at radius 1 is 0.661 bits per heavy atom. The molecule has 56 heavy (non-hydrogen) atoms. The molecule has 0 fully saturated rings. The number of phosphoric ester groups is 1. The second kappa shape index (κ2) is 38.3. The van der Waals surface area contributed by atoms with Gasteiger partial charge in [0.2, 0.25) is 0 Å². The largest absolute Gasteiger partial charge is 0.756 e. The number of likely N-dealkylation sites (N-methyl/N-ethyl adjacent to an activating group) is 1. The molecule has 0 aliphatic carbocycles.